The molecule has 1 aromatic heterocycles. The molecule has 1 N–H and O–H groups in total. The second kappa shape index (κ2) is 6.31. The number of carbonyl (C=O) groups is 1. The predicted molar refractivity (Wildman–Crippen MR) is 79.5 cm³/mol. The SMILES string of the molecule is COc1ccc(NC(=O)c2ccc(Br)cn2)cc1[N+](=O)[O-]. The molecular formula is C13H10BrN3O4. The normalized spacial score (nSPS) is 10.0. The number of rotatable bonds is 4. The van der Waals surface area contributed by atoms with E-state index >= 15 is 0 Å². The van der Waals surface area contributed by atoms with Gasteiger partial charge in [0.1, 0.15) is 5.69 Å². The zero-order chi connectivity index (χ0) is 15.4. The highest BCUT2D eigenvalue weighted by atomic mass is 79.9. The molecule has 0 bridgehead atoms. The molecule has 2 aromatic rings. The van der Waals surface area contributed by atoms with Gasteiger partial charge in [-0.1, -0.05) is 0 Å². The molecule has 0 aliphatic heterocycles. The Morgan fingerprint density at radius 1 is 1.38 bits per heavy atom. The van der Waals surface area contributed by atoms with Crippen LogP contribution in [0, 0.1) is 10.1 Å². The highest BCUT2D eigenvalue weighted by Gasteiger charge is 2.16. The molecule has 2 rings (SSSR count). The van der Waals surface area contributed by atoms with Crippen molar-refractivity contribution in [2.24, 2.45) is 0 Å². The number of carbonyl (C=O) groups excluding carboxylic acids is 1. The van der Waals surface area contributed by atoms with Gasteiger partial charge in [-0.25, -0.2) is 4.98 Å². The van der Waals surface area contributed by atoms with Gasteiger partial charge in [-0.3, -0.25) is 14.9 Å². The molecule has 1 amide bonds. The van der Waals surface area contributed by atoms with E-state index in [1.165, 1.54) is 37.6 Å². The van der Waals surface area contributed by atoms with Gasteiger partial charge in [-0.2, -0.15) is 0 Å². The first-order valence-electron chi connectivity index (χ1n) is 5.76. The Labute approximate surface area is 128 Å². The molecule has 0 fully saturated rings. The summed E-state index contributed by atoms with van der Waals surface area (Å²) < 4.78 is 5.64. The van der Waals surface area contributed by atoms with E-state index in [0.29, 0.717) is 0 Å². The van der Waals surface area contributed by atoms with Crippen molar-refractivity contribution in [3.63, 3.8) is 0 Å². The minimum atomic E-state index is -0.577. The van der Waals surface area contributed by atoms with Crippen LogP contribution in [-0.4, -0.2) is 22.9 Å². The lowest BCUT2D eigenvalue weighted by molar-refractivity contribution is -0.385. The standard InChI is InChI=1S/C13H10BrN3O4/c1-21-12-5-3-9(6-11(12)17(19)20)16-13(18)10-4-2-8(14)7-15-10/h2-7H,1H3,(H,16,18). The van der Waals surface area contributed by atoms with E-state index in [-0.39, 0.29) is 22.8 Å². The molecule has 8 heteroatoms. The number of aromatic nitrogens is 1. The molecule has 1 heterocycles. The number of nitrogens with one attached hydrogen (secondary N) is 1. The summed E-state index contributed by atoms with van der Waals surface area (Å²) in [6.45, 7) is 0. The van der Waals surface area contributed by atoms with Crippen LogP contribution in [0.4, 0.5) is 11.4 Å². The van der Waals surface area contributed by atoms with Crippen LogP contribution in [0.3, 0.4) is 0 Å². The van der Waals surface area contributed by atoms with Crippen LogP contribution in [-0.2, 0) is 0 Å². The molecule has 0 aliphatic carbocycles. The van der Waals surface area contributed by atoms with Crippen LogP contribution >= 0.6 is 15.9 Å². The number of pyridine rings is 1. The molecule has 0 aliphatic rings. The summed E-state index contributed by atoms with van der Waals surface area (Å²) in [5.41, 5.74) is 0.271. The zero-order valence-corrected chi connectivity index (χ0v) is 12.5. The van der Waals surface area contributed by atoms with E-state index < -0.39 is 10.8 Å². The van der Waals surface area contributed by atoms with Crippen LogP contribution in [0.25, 0.3) is 0 Å². The van der Waals surface area contributed by atoms with Crippen LogP contribution in [0.1, 0.15) is 10.5 Å². The van der Waals surface area contributed by atoms with Gasteiger partial charge < -0.3 is 10.1 Å². The first-order chi connectivity index (χ1) is 10.0. The van der Waals surface area contributed by atoms with Crippen molar-refractivity contribution in [3.8, 4) is 5.75 Å². The monoisotopic (exact) mass is 351 g/mol. The molecule has 0 unspecified atom stereocenters. The second-order valence-corrected chi connectivity index (χ2v) is 4.88. The van der Waals surface area contributed by atoms with E-state index in [2.05, 4.69) is 26.2 Å². The number of halogens is 1. The highest BCUT2D eigenvalue weighted by molar-refractivity contribution is 9.10. The predicted octanol–water partition coefficient (Wildman–Crippen LogP) is 3.01. The van der Waals surface area contributed by atoms with Gasteiger partial charge in [0, 0.05) is 22.4 Å². The molecular weight excluding hydrogens is 342 g/mol. The van der Waals surface area contributed by atoms with E-state index in [1.54, 1.807) is 6.07 Å². The number of methoxy groups -OCH3 is 1. The van der Waals surface area contributed by atoms with Crippen LogP contribution in [0.5, 0.6) is 5.75 Å². The molecule has 0 spiro atoms. The number of hydrogen-bond donors (Lipinski definition) is 1. The molecule has 21 heavy (non-hydrogen) atoms. The first-order valence-corrected chi connectivity index (χ1v) is 6.56. The molecule has 108 valence electrons. The average molecular weight is 352 g/mol. The van der Waals surface area contributed by atoms with E-state index in [1.807, 2.05) is 0 Å². The number of nitro benzene ring substituents is 1. The van der Waals surface area contributed by atoms with Crippen molar-refractivity contribution in [1.29, 1.82) is 0 Å². The molecule has 0 atom stereocenters. The van der Waals surface area contributed by atoms with Gasteiger partial charge in [-0.05, 0) is 40.2 Å². The number of ether oxygens (including phenoxy) is 1. The molecule has 0 saturated heterocycles. The minimum Gasteiger partial charge on any atom is -0.490 e. The lowest BCUT2D eigenvalue weighted by Gasteiger charge is -2.06. The fourth-order valence-corrected chi connectivity index (χ4v) is 1.85. The largest absolute Gasteiger partial charge is 0.490 e. The van der Waals surface area contributed by atoms with Crippen molar-refractivity contribution in [1.82, 2.24) is 4.98 Å². The third kappa shape index (κ3) is 3.54. The number of hydrogen-bond acceptors (Lipinski definition) is 5. The first kappa shape index (κ1) is 14.9. The maximum Gasteiger partial charge on any atom is 0.312 e. The second-order valence-electron chi connectivity index (χ2n) is 3.96. The third-order valence-electron chi connectivity index (χ3n) is 2.59. The lowest BCUT2D eigenvalue weighted by Crippen LogP contribution is -2.13. The van der Waals surface area contributed by atoms with Crippen molar-refractivity contribution in [2.75, 3.05) is 12.4 Å². The van der Waals surface area contributed by atoms with Gasteiger partial charge >= 0.3 is 5.69 Å². The summed E-state index contributed by atoms with van der Waals surface area (Å²) in [4.78, 5) is 26.3. The number of nitrogens with zero attached hydrogens (tertiary/aromatic N) is 2. The van der Waals surface area contributed by atoms with Gasteiger partial charge in [0.2, 0.25) is 0 Å². The number of amides is 1. The molecule has 0 saturated carbocycles. The number of anilines is 1. The van der Waals surface area contributed by atoms with Crippen molar-refractivity contribution in [3.05, 3.63) is 56.8 Å². The Kier molecular flexibility index (Phi) is 4.49. The Balaban J connectivity index is 2.23. The van der Waals surface area contributed by atoms with Gasteiger partial charge in [-0.15, -0.1) is 0 Å². The topological polar surface area (TPSA) is 94.4 Å². The highest BCUT2D eigenvalue weighted by Crippen LogP contribution is 2.29. The summed E-state index contributed by atoms with van der Waals surface area (Å²) in [5.74, 6) is -0.332. The maximum absolute atomic E-state index is 12.0. The summed E-state index contributed by atoms with van der Waals surface area (Å²) in [6.07, 6.45) is 1.49. The van der Waals surface area contributed by atoms with Crippen LogP contribution < -0.4 is 10.1 Å². The van der Waals surface area contributed by atoms with E-state index in [4.69, 9.17) is 4.74 Å². The van der Waals surface area contributed by atoms with E-state index in [9.17, 15) is 14.9 Å². The summed E-state index contributed by atoms with van der Waals surface area (Å²) in [5, 5.41) is 13.5. The third-order valence-corrected chi connectivity index (χ3v) is 3.06. The summed E-state index contributed by atoms with van der Waals surface area (Å²) >= 11 is 3.22. The van der Waals surface area contributed by atoms with Gasteiger partial charge in [0.05, 0.1) is 12.0 Å². The van der Waals surface area contributed by atoms with Crippen molar-refractivity contribution < 1.29 is 14.5 Å². The van der Waals surface area contributed by atoms with Crippen LogP contribution in [0.15, 0.2) is 41.0 Å². The molecule has 0 radical (unpaired) electrons. The molecule has 1 aromatic carbocycles. The van der Waals surface area contributed by atoms with Gasteiger partial charge in [0.15, 0.2) is 5.75 Å². The molecule has 7 nitrogen and oxygen atoms in total. The minimum absolute atomic E-state index is 0.125. The maximum atomic E-state index is 12.0. The van der Waals surface area contributed by atoms with Crippen molar-refractivity contribution in [2.45, 2.75) is 0 Å². The Morgan fingerprint density at radius 2 is 2.14 bits per heavy atom. The summed E-state index contributed by atoms with van der Waals surface area (Å²) in [6, 6.07) is 7.39. The van der Waals surface area contributed by atoms with Crippen LogP contribution in [0.2, 0.25) is 0 Å². The quantitative estimate of drug-likeness (QED) is 0.674. The lowest BCUT2D eigenvalue weighted by atomic mass is 10.2. The number of benzene rings is 1. The Hall–Kier alpha value is -2.48. The average Bonchev–Trinajstić information content (AvgIpc) is 2.47. The van der Waals surface area contributed by atoms with Gasteiger partial charge in [0.25, 0.3) is 5.91 Å². The fraction of sp³-hybridized carbons (Fsp3) is 0.0769. The number of nitro groups is 1. The Morgan fingerprint density at radius 3 is 2.71 bits per heavy atom. The summed E-state index contributed by atoms with van der Waals surface area (Å²) in [7, 11) is 1.34. The fourth-order valence-electron chi connectivity index (χ4n) is 1.62. The Bertz CT molecular complexity index is 688. The van der Waals surface area contributed by atoms with Crippen molar-refractivity contribution >= 4 is 33.2 Å². The smallest absolute Gasteiger partial charge is 0.312 e. The van der Waals surface area contributed by atoms with E-state index in [0.717, 1.165) is 4.47 Å². The zero-order valence-electron chi connectivity index (χ0n) is 10.9.